The molecule has 13 N–H and O–H groups in total. The fourth-order valence-electron chi connectivity index (χ4n) is 8.73. The lowest BCUT2D eigenvalue weighted by molar-refractivity contribution is -0.150. The number of esters is 1. The molecule has 0 bridgehead atoms. The third-order valence-corrected chi connectivity index (χ3v) is 11.7. The van der Waals surface area contributed by atoms with Crippen LogP contribution < -0.4 is 14.2 Å². The average molecular weight is 883 g/mol. The molecule has 0 spiro atoms. The van der Waals surface area contributed by atoms with Gasteiger partial charge < -0.3 is 85.3 Å². The zero-order valence-electron chi connectivity index (χ0n) is 32.5. The summed E-state index contributed by atoms with van der Waals surface area (Å²) in [6, 6.07) is 8.60. The predicted octanol–water partition coefficient (Wildman–Crippen LogP) is 3.76. The smallest absolute Gasteiger partial charge is 0.338 e. The summed E-state index contributed by atoms with van der Waals surface area (Å²) in [6.45, 7) is 0. The van der Waals surface area contributed by atoms with Crippen molar-refractivity contribution in [3.05, 3.63) is 93.6 Å². The van der Waals surface area contributed by atoms with Crippen molar-refractivity contribution in [2.45, 2.75) is 49.8 Å². The number of hydrogen-bond donors (Lipinski definition) is 13. The van der Waals surface area contributed by atoms with Crippen LogP contribution in [0.5, 0.6) is 86.2 Å². The molecule has 3 aliphatic heterocycles. The van der Waals surface area contributed by atoms with E-state index in [4.69, 9.17) is 18.9 Å². The van der Waals surface area contributed by atoms with Crippen molar-refractivity contribution < 1.29 is 99.7 Å². The van der Waals surface area contributed by atoms with Crippen molar-refractivity contribution in [3.63, 3.8) is 0 Å². The second-order valence-corrected chi connectivity index (χ2v) is 15.7. The van der Waals surface area contributed by atoms with Crippen molar-refractivity contribution in [1.82, 2.24) is 0 Å². The number of phenols is 12. The lowest BCUT2D eigenvalue weighted by Gasteiger charge is -2.36. The molecule has 0 amide bonds. The number of benzene rings is 5. The predicted molar refractivity (Wildman–Crippen MR) is 211 cm³/mol. The van der Waals surface area contributed by atoms with E-state index in [1.165, 1.54) is 0 Å². The molecule has 0 fully saturated rings. The minimum absolute atomic E-state index is 0.00940. The molecule has 3 heterocycles. The average Bonchev–Trinajstić information content (AvgIpc) is 3.68. The molecule has 0 aromatic heterocycles. The van der Waals surface area contributed by atoms with Gasteiger partial charge in [-0.05, 0) is 42.3 Å². The number of carbonyl (C=O) groups excluding carboxylic acids is 3. The summed E-state index contributed by atoms with van der Waals surface area (Å²) >= 11 is 0. The first-order chi connectivity index (χ1) is 30.2. The lowest BCUT2D eigenvalue weighted by Crippen LogP contribution is -2.39. The third kappa shape index (κ3) is 6.37. The van der Waals surface area contributed by atoms with Crippen molar-refractivity contribution in [2.24, 2.45) is 5.92 Å². The van der Waals surface area contributed by atoms with Gasteiger partial charge in [0.1, 0.15) is 46.7 Å². The van der Waals surface area contributed by atoms with E-state index in [2.05, 4.69) is 0 Å². The van der Waals surface area contributed by atoms with Gasteiger partial charge in [-0.2, -0.15) is 0 Å². The molecule has 1 aliphatic carbocycles. The van der Waals surface area contributed by atoms with Crippen LogP contribution in [0.3, 0.4) is 0 Å². The number of ketones is 2. The van der Waals surface area contributed by atoms with Crippen molar-refractivity contribution in [2.75, 3.05) is 0 Å². The summed E-state index contributed by atoms with van der Waals surface area (Å²) in [5, 5.41) is 137. The zero-order chi connectivity index (χ0) is 45.8. The summed E-state index contributed by atoms with van der Waals surface area (Å²) in [7, 11) is 0. The third-order valence-electron chi connectivity index (χ3n) is 11.7. The summed E-state index contributed by atoms with van der Waals surface area (Å²) in [5.41, 5.74) is -1.58. The molecule has 20 heteroatoms. The largest absolute Gasteiger partial charge is 0.508 e. The zero-order valence-corrected chi connectivity index (χ0v) is 32.5. The number of rotatable bonds is 7. The van der Waals surface area contributed by atoms with Crippen LogP contribution in [0.2, 0.25) is 0 Å². The van der Waals surface area contributed by atoms with Gasteiger partial charge in [-0.3, -0.25) is 9.59 Å². The minimum Gasteiger partial charge on any atom is -0.508 e. The lowest BCUT2D eigenvalue weighted by atomic mass is 9.79. The number of Topliss-reactive ketones (excluding diaryl/α,β-unsaturated/α-hetero) is 2. The standard InChI is InChI=1S/C44H34O20/c45-17-7-24(48)19-1-15(4-23(47)14-2-26(50)37(56)27(51)3-14)40(61-31(19)9-17)22-13-34(55)44(60)36(22)35-21(11-30(54)39(58)42(35)64-44)41-33(12-20-25(49)8-18(46)10-32(20)62-41)63-43(59)16-5-28(52)38(57)29(53)6-16/h2-3,5-11,15,33,40-41,45-46,48-54,56-58,60H,1,4,12-13H2/t15-,33+,40-,41+,44?/m0/s1. The monoisotopic (exact) mass is 882 g/mol. The van der Waals surface area contributed by atoms with Gasteiger partial charge in [-0.25, -0.2) is 4.79 Å². The van der Waals surface area contributed by atoms with Crippen LogP contribution in [-0.2, 0) is 22.4 Å². The van der Waals surface area contributed by atoms with Gasteiger partial charge >= 0.3 is 5.97 Å². The van der Waals surface area contributed by atoms with Crippen molar-refractivity contribution >= 4 is 23.1 Å². The van der Waals surface area contributed by atoms with Gasteiger partial charge in [0.2, 0.25) is 11.5 Å². The van der Waals surface area contributed by atoms with E-state index in [0.29, 0.717) is 0 Å². The molecule has 4 aliphatic rings. The molecular weight excluding hydrogens is 848 g/mol. The molecule has 5 atom stereocenters. The van der Waals surface area contributed by atoms with Crippen LogP contribution in [0.4, 0.5) is 0 Å². The van der Waals surface area contributed by atoms with Crippen LogP contribution >= 0.6 is 0 Å². The maximum Gasteiger partial charge on any atom is 0.338 e. The first-order valence-corrected chi connectivity index (χ1v) is 19.2. The minimum atomic E-state index is -2.93. The Morgan fingerprint density at radius 3 is 1.72 bits per heavy atom. The van der Waals surface area contributed by atoms with Crippen LogP contribution in [0.15, 0.2) is 60.2 Å². The molecule has 330 valence electrons. The van der Waals surface area contributed by atoms with Gasteiger partial charge in [0.05, 0.1) is 5.56 Å². The first kappa shape index (κ1) is 41.0. The van der Waals surface area contributed by atoms with Gasteiger partial charge in [0.25, 0.3) is 5.79 Å². The number of aliphatic hydroxyl groups is 1. The number of ether oxygens (including phenoxy) is 4. The number of carbonyl (C=O) groups is 3. The molecule has 0 saturated carbocycles. The van der Waals surface area contributed by atoms with Crippen molar-refractivity contribution in [1.29, 1.82) is 0 Å². The molecule has 9 rings (SSSR count). The summed E-state index contributed by atoms with van der Waals surface area (Å²) in [4.78, 5) is 41.5. The van der Waals surface area contributed by atoms with Crippen molar-refractivity contribution in [3.8, 4) is 86.2 Å². The van der Waals surface area contributed by atoms with Gasteiger partial charge in [0.15, 0.2) is 57.9 Å². The number of aromatic hydroxyl groups is 12. The van der Waals surface area contributed by atoms with E-state index < -0.39 is 147 Å². The van der Waals surface area contributed by atoms with E-state index >= 15 is 0 Å². The Balaban J connectivity index is 1.21. The fraction of sp³-hybridized carbons (Fsp3) is 0.205. The Morgan fingerprint density at radius 1 is 0.625 bits per heavy atom. The maximum atomic E-state index is 14.0. The normalized spacial score (nSPS) is 21.7. The molecule has 5 aromatic rings. The van der Waals surface area contributed by atoms with E-state index in [-0.39, 0.29) is 56.9 Å². The number of fused-ring (bicyclic) bond motifs is 5. The molecule has 0 radical (unpaired) electrons. The Hall–Kier alpha value is -8.39. The highest BCUT2D eigenvalue weighted by Crippen LogP contribution is 2.60. The molecule has 5 aromatic carbocycles. The Bertz CT molecular complexity index is 2890. The highest BCUT2D eigenvalue weighted by atomic mass is 16.6. The summed E-state index contributed by atoms with van der Waals surface area (Å²) in [6.07, 6.45) is -6.38. The molecular formula is C44H34O20. The van der Waals surface area contributed by atoms with E-state index in [0.717, 1.165) is 54.6 Å². The summed E-state index contributed by atoms with van der Waals surface area (Å²) < 4.78 is 24.2. The van der Waals surface area contributed by atoms with E-state index in [1.54, 1.807) is 0 Å². The van der Waals surface area contributed by atoms with Crippen LogP contribution in [0.1, 0.15) is 61.9 Å². The van der Waals surface area contributed by atoms with Crippen LogP contribution in [0.25, 0.3) is 5.57 Å². The van der Waals surface area contributed by atoms with E-state index in [1.807, 2.05) is 0 Å². The quantitative estimate of drug-likeness (QED) is 0.0628. The SMILES string of the molecule is O=C(C[C@@H]1Cc2c(O)cc(O)cc2O[C@@H]1C1=C2c3c([C@H]4Oc5cc(O)cc(O)c5C[C@H]4OC(=O)c4cc(O)c(O)c(O)c4)cc(O)c(O)c3OC2(O)C(=O)C1)c1cc(O)c(O)c(O)c1. The first-order valence-electron chi connectivity index (χ1n) is 19.2. The molecule has 20 nitrogen and oxygen atoms in total. The van der Waals surface area contributed by atoms with E-state index in [9.17, 15) is 80.8 Å². The fourth-order valence-corrected chi connectivity index (χ4v) is 8.73. The topological polar surface area (TPSA) is 351 Å². The molecule has 0 saturated heterocycles. The summed E-state index contributed by atoms with van der Waals surface area (Å²) in [5.74, 6) is -16.8. The number of phenolic OH excluding ortho intramolecular Hbond substituents is 12. The second kappa shape index (κ2) is 14.3. The molecule has 64 heavy (non-hydrogen) atoms. The second-order valence-electron chi connectivity index (χ2n) is 15.7. The highest BCUT2D eigenvalue weighted by Gasteiger charge is 2.60. The number of hydrogen-bond acceptors (Lipinski definition) is 20. The van der Waals surface area contributed by atoms with Gasteiger partial charge in [-0.1, -0.05) is 0 Å². The maximum absolute atomic E-state index is 14.0. The molecule has 1 unspecified atom stereocenters. The van der Waals surface area contributed by atoms with Gasteiger partial charge in [-0.15, -0.1) is 0 Å². The Kier molecular flexibility index (Phi) is 9.19. The van der Waals surface area contributed by atoms with Crippen LogP contribution in [-0.4, -0.2) is 102 Å². The van der Waals surface area contributed by atoms with Gasteiger partial charge in [0, 0.05) is 82.8 Å². The van der Waals surface area contributed by atoms with Crippen LogP contribution in [0, 0.1) is 5.92 Å². The Labute approximate surface area is 357 Å². The highest BCUT2D eigenvalue weighted by molar-refractivity contribution is 6.11. The Morgan fingerprint density at radius 2 is 1.14 bits per heavy atom.